The van der Waals surface area contributed by atoms with Crippen molar-refractivity contribution in [2.24, 2.45) is 5.92 Å². The molecule has 0 aromatic carbocycles. The van der Waals surface area contributed by atoms with Crippen molar-refractivity contribution >= 4 is 0 Å². The minimum Gasteiger partial charge on any atom is -0.307 e. The number of hydrogen-bond acceptors (Lipinski definition) is 3. The third-order valence-electron chi connectivity index (χ3n) is 4.32. The van der Waals surface area contributed by atoms with Crippen LogP contribution in [0.15, 0.2) is 6.33 Å². The fourth-order valence-electron chi connectivity index (χ4n) is 3.24. The molecule has 1 aliphatic rings. The van der Waals surface area contributed by atoms with Crippen LogP contribution in [0.3, 0.4) is 0 Å². The summed E-state index contributed by atoms with van der Waals surface area (Å²) in [6.07, 6.45) is 9.90. The number of rotatable bonds is 6. The SMILES string of the molecule is CCC(NCc1ncnn1C(C)C)C1CCCCC1. The molecule has 1 heterocycles. The third kappa shape index (κ3) is 3.78. The van der Waals surface area contributed by atoms with Crippen LogP contribution in [0, 0.1) is 5.92 Å². The second-order valence-electron chi connectivity index (χ2n) is 6.01. The fourth-order valence-corrected chi connectivity index (χ4v) is 3.24. The van der Waals surface area contributed by atoms with Crippen LogP contribution in [0.4, 0.5) is 0 Å². The molecule has 1 saturated carbocycles. The van der Waals surface area contributed by atoms with Gasteiger partial charge in [-0.25, -0.2) is 9.67 Å². The Bertz CT molecular complexity index is 366. The lowest BCUT2D eigenvalue weighted by Crippen LogP contribution is -2.37. The topological polar surface area (TPSA) is 42.7 Å². The molecule has 0 saturated heterocycles. The summed E-state index contributed by atoms with van der Waals surface area (Å²) < 4.78 is 2.01. The van der Waals surface area contributed by atoms with Crippen LogP contribution in [0.1, 0.15) is 71.2 Å². The Morgan fingerprint density at radius 1 is 1.32 bits per heavy atom. The van der Waals surface area contributed by atoms with Gasteiger partial charge in [0.25, 0.3) is 0 Å². The first kappa shape index (κ1) is 14.5. The first-order chi connectivity index (χ1) is 9.22. The smallest absolute Gasteiger partial charge is 0.141 e. The molecule has 1 N–H and O–H groups in total. The molecule has 1 unspecified atom stereocenters. The van der Waals surface area contributed by atoms with Gasteiger partial charge in [-0.3, -0.25) is 0 Å². The van der Waals surface area contributed by atoms with Gasteiger partial charge in [-0.05, 0) is 39.0 Å². The average molecular weight is 264 g/mol. The molecular weight excluding hydrogens is 236 g/mol. The molecule has 4 nitrogen and oxygen atoms in total. The number of nitrogens with zero attached hydrogens (tertiary/aromatic N) is 3. The average Bonchev–Trinajstić information content (AvgIpc) is 2.89. The lowest BCUT2D eigenvalue weighted by Gasteiger charge is -2.30. The standard InChI is InChI=1S/C15H28N4/c1-4-14(13-8-6-5-7-9-13)16-10-15-17-11-18-19(15)12(2)3/h11-14,16H,4-10H2,1-3H3. The van der Waals surface area contributed by atoms with E-state index in [4.69, 9.17) is 0 Å². The predicted molar refractivity (Wildman–Crippen MR) is 77.9 cm³/mol. The van der Waals surface area contributed by atoms with Crippen LogP contribution in [0.25, 0.3) is 0 Å². The molecule has 1 aromatic rings. The van der Waals surface area contributed by atoms with Crippen molar-refractivity contribution in [1.82, 2.24) is 20.1 Å². The normalized spacial score (nSPS) is 18.9. The highest BCUT2D eigenvalue weighted by Gasteiger charge is 2.22. The molecule has 2 rings (SSSR count). The minimum absolute atomic E-state index is 0.383. The van der Waals surface area contributed by atoms with E-state index in [0.717, 1.165) is 18.3 Å². The molecular formula is C15H28N4. The van der Waals surface area contributed by atoms with Gasteiger partial charge in [-0.2, -0.15) is 5.10 Å². The summed E-state index contributed by atoms with van der Waals surface area (Å²) >= 11 is 0. The summed E-state index contributed by atoms with van der Waals surface area (Å²) in [5.74, 6) is 1.92. The zero-order chi connectivity index (χ0) is 13.7. The van der Waals surface area contributed by atoms with Crippen molar-refractivity contribution in [1.29, 1.82) is 0 Å². The minimum atomic E-state index is 0.383. The largest absolute Gasteiger partial charge is 0.307 e. The first-order valence-electron chi connectivity index (χ1n) is 7.84. The summed E-state index contributed by atoms with van der Waals surface area (Å²) in [5.41, 5.74) is 0. The van der Waals surface area contributed by atoms with Gasteiger partial charge < -0.3 is 5.32 Å². The lowest BCUT2D eigenvalue weighted by molar-refractivity contribution is 0.259. The Kier molecular flexibility index (Phi) is 5.37. The van der Waals surface area contributed by atoms with Crippen molar-refractivity contribution < 1.29 is 0 Å². The zero-order valence-corrected chi connectivity index (χ0v) is 12.6. The Morgan fingerprint density at radius 2 is 2.05 bits per heavy atom. The van der Waals surface area contributed by atoms with Crippen LogP contribution >= 0.6 is 0 Å². The van der Waals surface area contributed by atoms with Crippen molar-refractivity contribution in [3.63, 3.8) is 0 Å². The zero-order valence-electron chi connectivity index (χ0n) is 12.6. The molecule has 1 atom stereocenters. The molecule has 0 bridgehead atoms. The van der Waals surface area contributed by atoms with Gasteiger partial charge in [0.05, 0.1) is 6.54 Å². The third-order valence-corrected chi connectivity index (χ3v) is 4.32. The highest BCUT2D eigenvalue weighted by atomic mass is 15.4. The maximum absolute atomic E-state index is 4.38. The second kappa shape index (κ2) is 7.04. The van der Waals surface area contributed by atoms with Crippen molar-refractivity contribution in [3.8, 4) is 0 Å². The summed E-state index contributed by atoms with van der Waals surface area (Å²) in [7, 11) is 0. The maximum atomic E-state index is 4.38. The first-order valence-corrected chi connectivity index (χ1v) is 7.84. The van der Waals surface area contributed by atoms with Crippen molar-refractivity contribution in [2.45, 2.75) is 77.9 Å². The quantitative estimate of drug-likeness (QED) is 0.857. The fraction of sp³-hybridized carbons (Fsp3) is 0.867. The highest BCUT2D eigenvalue weighted by molar-refractivity contribution is 4.88. The molecule has 0 spiro atoms. The summed E-state index contributed by atoms with van der Waals surface area (Å²) in [5, 5.41) is 8.01. The maximum Gasteiger partial charge on any atom is 0.141 e. The van der Waals surface area contributed by atoms with Crippen LogP contribution < -0.4 is 5.32 Å². The van der Waals surface area contributed by atoms with E-state index in [1.165, 1.54) is 38.5 Å². The van der Waals surface area contributed by atoms with Gasteiger partial charge in [-0.15, -0.1) is 0 Å². The van der Waals surface area contributed by atoms with E-state index in [0.29, 0.717) is 12.1 Å². The lowest BCUT2D eigenvalue weighted by atomic mass is 9.83. The van der Waals surface area contributed by atoms with Crippen molar-refractivity contribution in [3.05, 3.63) is 12.2 Å². The van der Waals surface area contributed by atoms with Crippen LogP contribution in [-0.2, 0) is 6.54 Å². The van der Waals surface area contributed by atoms with Gasteiger partial charge in [-0.1, -0.05) is 26.2 Å². The van der Waals surface area contributed by atoms with Gasteiger partial charge in [0, 0.05) is 12.1 Å². The molecule has 108 valence electrons. The number of aromatic nitrogens is 3. The van der Waals surface area contributed by atoms with E-state index in [1.54, 1.807) is 6.33 Å². The summed E-state index contributed by atoms with van der Waals surface area (Å²) in [4.78, 5) is 4.38. The van der Waals surface area contributed by atoms with Gasteiger partial charge in [0.1, 0.15) is 12.2 Å². The molecule has 1 fully saturated rings. The highest BCUT2D eigenvalue weighted by Crippen LogP contribution is 2.27. The Hall–Kier alpha value is -0.900. The van der Waals surface area contributed by atoms with E-state index in [1.807, 2.05) is 4.68 Å². The van der Waals surface area contributed by atoms with Crippen LogP contribution in [0.2, 0.25) is 0 Å². The van der Waals surface area contributed by atoms with Crippen LogP contribution in [0.5, 0.6) is 0 Å². The monoisotopic (exact) mass is 264 g/mol. The van der Waals surface area contributed by atoms with E-state index in [-0.39, 0.29) is 0 Å². The molecule has 0 amide bonds. The van der Waals surface area contributed by atoms with Gasteiger partial charge in [0.15, 0.2) is 0 Å². The van der Waals surface area contributed by atoms with Gasteiger partial charge >= 0.3 is 0 Å². The molecule has 4 heteroatoms. The van der Waals surface area contributed by atoms with Crippen molar-refractivity contribution in [2.75, 3.05) is 0 Å². The summed E-state index contributed by atoms with van der Waals surface area (Å²) in [6.45, 7) is 7.43. The molecule has 1 aliphatic carbocycles. The molecule has 0 aliphatic heterocycles. The van der Waals surface area contributed by atoms with Crippen LogP contribution in [-0.4, -0.2) is 20.8 Å². The molecule has 19 heavy (non-hydrogen) atoms. The van der Waals surface area contributed by atoms with E-state index in [9.17, 15) is 0 Å². The van der Waals surface area contributed by atoms with Gasteiger partial charge in [0.2, 0.25) is 0 Å². The van der Waals surface area contributed by atoms with E-state index >= 15 is 0 Å². The number of nitrogens with one attached hydrogen (secondary N) is 1. The molecule has 0 radical (unpaired) electrons. The summed E-state index contributed by atoms with van der Waals surface area (Å²) in [6, 6.07) is 1.02. The Labute approximate surface area is 117 Å². The Morgan fingerprint density at radius 3 is 2.68 bits per heavy atom. The Balaban J connectivity index is 1.90. The number of hydrogen-bond donors (Lipinski definition) is 1. The van der Waals surface area contributed by atoms with E-state index in [2.05, 4.69) is 36.2 Å². The predicted octanol–water partition coefficient (Wildman–Crippen LogP) is 3.31. The second-order valence-corrected chi connectivity index (χ2v) is 6.01. The van der Waals surface area contributed by atoms with E-state index < -0.39 is 0 Å². The molecule has 1 aromatic heterocycles.